The number of rotatable bonds is 4. The van der Waals surface area contributed by atoms with Gasteiger partial charge in [0.25, 0.3) is 5.91 Å². The van der Waals surface area contributed by atoms with Crippen LogP contribution in [0.25, 0.3) is 10.2 Å². The van der Waals surface area contributed by atoms with E-state index in [9.17, 15) is 4.79 Å². The molecule has 134 valence electrons. The van der Waals surface area contributed by atoms with Gasteiger partial charge >= 0.3 is 0 Å². The van der Waals surface area contributed by atoms with E-state index in [1.54, 1.807) is 29.7 Å². The standard InChI is InChI=1S/C19H19ClN4OS/c20-18-15(7-3-9-21-18)22-17(25)12-24-10-4-5-13(11-24)19-23-14-6-1-2-8-16(14)26-19/h1-3,6-9,13H,4-5,10-12H2,(H,22,25)/p+1/t13-/m0/s1. The van der Waals surface area contributed by atoms with Gasteiger partial charge < -0.3 is 10.2 Å². The number of aromatic nitrogens is 2. The number of nitrogens with one attached hydrogen (secondary N) is 2. The highest BCUT2D eigenvalue weighted by molar-refractivity contribution is 7.18. The minimum absolute atomic E-state index is 0.0279. The fraction of sp³-hybridized carbons (Fsp3) is 0.316. The first-order chi connectivity index (χ1) is 12.7. The average molecular weight is 388 g/mol. The molecule has 0 radical (unpaired) electrons. The van der Waals surface area contributed by atoms with Gasteiger partial charge in [-0.3, -0.25) is 4.79 Å². The van der Waals surface area contributed by atoms with Gasteiger partial charge in [0, 0.05) is 6.20 Å². The molecule has 0 aliphatic carbocycles. The molecule has 5 nitrogen and oxygen atoms in total. The Morgan fingerprint density at radius 2 is 2.19 bits per heavy atom. The smallest absolute Gasteiger partial charge is 0.279 e. The zero-order valence-corrected chi connectivity index (χ0v) is 15.8. The van der Waals surface area contributed by atoms with Gasteiger partial charge in [0.15, 0.2) is 11.7 Å². The molecule has 1 aliphatic heterocycles. The molecule has 1 amide bonds. The largest absolute Gasteiger partial charge is 0.327 e. The highest BCUT2D eigenvalue weighted by atomic mass is 35.5. The summed E-state index contributed by atoms with van der Waals surface area (Å²) < 4.78 is 1.23. The molecule has 3 aromatic rings. The van der Waals surface area contributed by atoms with Crippen molar-refractivity contribution >= 4 is 44.7 Å². The van der Waals surface area contributed by atoms with E-state index in [1.807, 2.05) is 6.07 Å². The second kappa shape index (κ2) is 7.70. The van der Waals surface area contributed by atoms with E-state index in [2.05, 4.69) is 28.5 Å². The number of benzene rings is 1. The lowest BCUT2D eigenvalue weighted by molar-refractivity contribution is -0.898. The number of pyridine rings is 1. The Kier molecular flexibility index (Phi) is 5.15. The van der Waals surface area contributed by atoms with Gasteiger partial charge in [0.1, 0.15) is 5.01 Å². The van der Waals surface area contributed by atoms with Crippen molar-refractivity contribution in [2.75, 3.05) is 25.0 Å². The SMILES string of the molecule is O=C(C[NH+]1CCC[C@H](c2nc3ccccc3s2)C1)Nc1cccnc1Cl. The van der Waals surface area contributed by atoms with Crippen molar-refractivity contribution in [2.45, 2.75) is 18.8 Å². The molecule has 1 aliphatic rings. The summed E-state index contributed by atoms with van der Waals surface area (Å²) in [5.74, 6) is 0.394. The lowest BCUT2D eigenvalue weighted by Gasteiger charge is -2.28. The molecular weight excluding hydrogens is 368 g/mol. The second-order valence-corrected chi connectivity index (χ2v) is 8.05. The Labute approximate surface area is 161 Å². The van der Waals surface area contributed by atoms with Crippen molar-refractivity contribution in [2.24, 2.45) is 0 Å². The molecule has 0 spiro atoms. The lowest BCUT2D eigenvalue weighted by Crippen LogP contribution is -3.14. The summed E-state index contributed by atoms with van der Waals surface area (Å²) >= 11 is 7.79. The Morgan fingerprint density at radius 3 is 3.04 bits per heavy atom. The number of para-hydroxylation sites is 1. The molecule has 4 rings (SSSR count). The van der Waals surface area contributed by atoms with E-state index < -0.39 is 0 Å². The van der Waals surface area contributed by atoms with Crippen LogP contribution in [0, 0.1) is 0 Å². The summed E-state index contributed by atoms with van der Waals surface area (Å²) in [4.78, 5) is 22.5. The number of nitrogens with zero attached hydrogens (tertiary/aromatic N) is 2. The van der Waals surface area contributed by atoms with Crippen LogP contribution >= 0.6 is 22.9 Å². The van der Waals surface area contributed by atoms with Crippen LogP contribution in [0.3, 0.4) is 0 Å². The first-order valence-electron chi connectivity index (χ1n) is 8.78. The van der Waals surface area contributed by atoms with Crippen molar-refractivity contribution in [1.82, 2.24) is 9.97 Å². The maximum absolute atomic E-state index is 12.4. The lowest BCUT2D eigenvalue weighted by atomic mass is 9.99. The number of amides is 1. The van der Waals surface area contributed by atoms with Crippen LogP contribution in [-0.4, -0.2) is 35.5 Å². The van der Waals surface area contributed by atoms with E-state index in [0.29, 0.717) is 23.3 Å². The summed E-state index contributed by atoms with van der Waals surface area (Å²) in [5, 5.41) is 4.38. The maximum atomic E-state index is 12.4. The Bertz CT molecular complexity index is 896. The normalized spacial score (nSPS) is 20.2. The first kappa shape index (κ1) is 17.4. The molecule has 26 heavy (non-hydrogen) atoms. The van der Waals surface area contributed by atoms with Crippen LogP contribution in [0.2, 0.25) is 5.15 Å². The van der Waals surface area contributed by atoms with Gasteiger partial charge in [-0.2, -0.15) is 0 Å². The van der Waals surface area contributed by atoms with Gasteiger partial charge in [-0.25, -0.2) is 9.97 Å². The number of halogens is 1. The molecular formula is C19H20ClN4OS+. The Balaban J connectivity index is 1.40. The molecule has 7 heteroatoms. The summed E-state index contributed by atoms with van der Waals surface area (Å²) in [5.41, 5.74) is 1.64. The van der Waals surface area contributed by atoms with Crippen molar-refractivity contribution in [3.05, 3.63) is 52.8 Å². The van der Waals surface area contributed by atoms with Crippen molar-refractivity contribution < 1.29 is 9.69 Å². The van der Waals surface area contributed by atoms with Gasteiger partial charge in [-0.05, 0) is 37.1 Å². The third kappa shape index (κ3) is 3.87. The van der Waals surface area contributed by atoms with Crippen LogP contribution < -0.4 is 10.2 Å². The van der Waals surface area contributed by atoms with Gasteiger partial charge in [-0.1, -0.05) is 23.7 Å². The van der Waals surface area contributed by atoms with Crippen molar-refractivity contribution in [1.29, 1.82) is 0 Å². The number of hydrogen-bond donors (Lipinski definition) is 2. The number of fused-ring (bicyclic) bond motifs is 1. The quantitative estimate of drug-likeness (QED) is 0.677. The molecule has 3 heterocycles. The topological polar surface area (TPSA) is 59.3 Å². The van der Waals surface area contributed by atoms with E-state index >= 15 is 0 Å². The highest BCUT2D eigenvalue weighted by Gasteiger charge is 2.28. The molecule has 1 unspecified atom stereocenters. The minimum Gasteiger partial charge on any atom is -0.327 e. The van der Waals surface area contributed by atoms with E-state index in [1.165, 1.54) is 14.6 Å². The van der Waals surface area contributed by atoms with Crippen LogP contribution in [0.5, 0.6) is 0 Å². The molecule has 2 atom stereocenters. The van der Waals surface area contributed by atoms with Gasteiger partial charge in [0.05, 0.1) is 34.9 Å². The fourth-order valence-electron chi connectivity index (χ4n) is 3.49. The predicted molar refractivity (Wildman–Crippen MR) is 105 cm³/mol. The third-order valence-corrected chi connectivity index (χ3v) is 6.22. The molecule has 1 fully saturated rings. The zero-order valence-electron chi connectivity index (χ0n) is 14.2. The minimum atomic E-state index is -0.0279. The zero-order chi connectivity index (χ0) is 17.9. The Morgan fingerprint density at radius 1 is 1.31 bits per heavy atom. The summed E-state index contributed by atoms with van der Waals surface area (Å²) in [6.07, 6.45) is 3.85. The average Bonchev–Trinajstić information content (AvgIpc) is 3.08. The number of hydrogen-bond acceptors (Lipinski definition) is 4. The monoisotopic (exact) mass is 387 g/mol. The molecule has 0 bridgehead atoms. The molecule has 2 N–H and O–H groups in total. The van der Waals surface area contributed by atoms with E-state index in [0.717, 1.165) is 31.4 Å². The van der Waals surface area contributed by atoms with Gasteiger partial charge in [0.2, 0.25) is 0 Å². The highest BCUT2D eigenvalue weighted by Crippen LogP contribution is 2.30. The fourth-order valence-corrected chi connectivity index (χ4v) is 4.76. The second-order valence-electron chi connectivity index (χ2n) is 6.63. The number of carbonyl (C=O) groups is 1. The first-order valence-corrected chi connectivity index (χ1v) is 9.98. The molecule has 2 aromatic heterocycles. The van der Waals surface area contributed by atoms with Crippen molar-refractivity contribution in [3.63, 3.8) is 0 Å². The van der Waals surface area contributed by atoms with Gasteiger partial charge in [-0.15, -0.1) is 11.3 Å². The summed E-state index contributed by atoms with van der Waals surface area (Å²) in [6, 6.07) is 11.8. The number of thiazole rings is 1. The number of carbonyl (C=O) groups excluding carboxylic acids is 1. The van der Waals surface area contributed by atoms with Crippen LogP contribution in [-0.2, 0) is 4.79 Å². The Hall–Kier alpha value is -2.02. The molecule has 1 saturated heterocycles. The summed E-state index contributed by atoms with van der Waals surface area (Å²) in [7, 11) is 0. The number of likely N-dealkylation sites (tertiary alicyclic amines) is 1. The van der Waals surface area contributed by atoms with Crippen LogP contribution in [0.4, 0.5) is 5.69 Å². The third-order valence-electron chi connectivity index (χ3n) is 4.72. The van der Waals surface area contributed by atoms with Crippen LogP contribution in [0.1, 0.15) is 23.8 Å². The maximum Gasteiger partial charge on any atom is 0.279 e. The van der Waals surface area contributed by atoms with E-state index in [-0.39, 0.29) is 5.91 Å². The number of quaternary nitrogens is 1. The molecule has 0 saturated carbocycles. The van der Waals surface area contributed by atoms with Crippen LogP contribution in [0.15, 0.2) is 42.6 Å². The van der Waals surface area contributed by atoms with Crippen molar-refractivity contribution in [3.8, 4) is 0 Å². The van der Waals surface area contributed by atoms with E-state index in [4.69, 9.17) is 16.6 Å². The number of anilines is 1. The number of piperidine rings is 1. The molecule has 1 aromatic carbocycles. The summed E-state index contributed by atoms with van der Waals surface area (Å²) in [6.45, 7) is 2.39. The predicted octanol–water partition coefficient (Wildman–Crippen LogP) is 2.75.